The molecule has 2 N–H and O–H groups in total. The second kappa shape index (κ2) is 8.34. The smallest absolute Gasteiger partial charge is 0.388 e. The van der Waals surface area contributed by atoms with Crippen LogP contribution >= 0.6 is 0 Å². The molecule has 0 saturated carbocycles. The van der Waals surface area contributed by atoms with Gasteiger partial charge in [-0.25, -0.2) is 0 Å². The fourth-order valence-corrected chi connectivity index (χ4v) is 11.9. The maximum Gasteiger partial charge on any atom is 0.388 e. The van der Waals surface area contributed by atoms with E-state index in [0.29, 0.717) is 12.8 Å². The van der Waals surface area contributed by atoms with Crippen LogP contribution in [0, 0.1) is 0 Å². The maximum atomic E-state index is 13.0. The highest BCUT2D eigenvalue weighted by atomic mass is 28.4. The Morgan fingerprint density at radius 2 is 1.23 bits per heavy atom. The van der Waals surface area contributed by atoms with Gasteiger partial charge in [0.05, 0.1) is 10.4 Å². The molecule has 0 aliphatic carbocycles. The molecule has 3 atom stereocenters. The van der Waals surface area contributed by atoms with Crippen molar-refractivity contribution >= 4 is 25.2 Å². The highest BCUT2D eigenvalue weighted by molar-refractivity contribution is 6.79. The van der Waals surface area contributed by atoms with Crippen LogP contribution in [0.1, 0.15) is 47.0 Å². The van der Waals surface area contributed by atoms with Crippen LogP contribution in [0.3, 0.4) is 0 Å². The highest BCUT2D eigenvalue weighted by Gasteiger charge is 2.57. The van der Waals surface area contributed by atoms with E-state index in [4.69, 9.17) is 8.85 Å². The standard InChI is InChI=1S/C16H37F3O4Si3/c1-10-14(3,24(5,6)20)23-26(9,13-12-16(17,18)19)15(4,11-2)22-25(7,8)21/h20-21H,10-13H2,1-9H3/t14-,15+,26?/m0/s1. The molecular weight excluding hydrogens is 397 g/mol. The summed E-state index contributed by atoms with van der Waals surface area (Å²) in [5.41, 5.74) is 0. The molecule has 0 aromatic carbocycles. The number of halogens is 3. The molecule has 0 heterocycles. The Labute approximate surface area is 159 Å². The summed E-state index contributed by atoms with van der Waals surface area (Å²) >= 11 is 0. The summed E-state index contributed by atoms with van der Waals surface area (Å²) in [4.78, 5) is 21.0. The van der Waals surface area contributed by atoms with E-state index in [1.165, 1.54) is 0 Å². The fourth-order valence-electron chi connectivity index (χ4n) is 3.04. The highest BCUT2D eigenvalue weighted by Crippen LogP contribution is 2.42. The van der Waals surface area contributed by atoms with E-state index in [1.807, 2.05) is 13.8 Å². The minimum Gasteiger partial charge on any atom is -0.429 e. The minimum absolute atomic E-state index is 0.175. The Hall–Kier alpha value is 0.281. The molecule has 26 heavy (non-hydrogen) atoms. The number of rotatable bonds is 10. The predicted octanol–water partition coefficient (Wildman–Crippen LogP) is 4.85. The van der Waals surface area contributed by atoms with E-state index in [1.54, 1.807) is 46.6 Å². The van der Waals surface area contributed by atoms with Crippen molar-refractivity contribution in [3.05, 3.63) is 0 Å². The quantitative estimate of drug-likeness (QED) is 0.482. The van der Waals surface area contributed by atoms with Crippen molar-refractivity contribution in [2.24, 2.45) is 0 Å². The van der Waals surface area contributed by atoms with Gasteiger partial charge >= 0.3 is 14.7 Å². The van der Waals surface area contributed by atoms with Crippen molar-refractivity contribution in [2.45, 2.75) is 102 Å². The van der Waals surface area contributed by atoms with Gasteiger partial charge < -0.3 is 18.4 Å². The summed E-state index contributed by atoms with van der Waals surface area (Å²) < 4.78 is 51.5. The van der Waals surface area contributed by atoms with Crippen molar-refractivity contribution in [2.75, 3.05) is 0 Å². The molecule has 0 spiro atoms. The van der Waals surface area contributed by atoms with E-state index < -0.39 is 48.2 Å². The summed E-state index contributed by atoms with van der Waals surface area (Å²) in [7, 11) is -9.01. The van der Waals surface area contributed by atoms with E-state index in [-0.39, 0.29) is 6.04 Å². The van der Waals surface area contributed by atoms with Crippen LogP contribution in [0.25, 0.3) is 0 Å². The van der Waals surface area contributed by atoms with Crippen LogP contribution < -0.4 is 0 Å². The third-order valence-corrected chi connectivity index (χ3v) is 14.8. The number of hydrogen-bond acceptors (Lipinski definition) is 4. The van der Waals surface area contributed by atoms with Crippen LogP contribution in [0.15, 0.2) is 0 Å². The van der Waals surface area contributed by atoms with Gasteiger partial charge in [0.2, 0.25) is 16.6 Å². The lowest BCUT2D eigenvalue weighted by molar-refractivity contribution is -0.131. The largest absolute Gasteiger partial charge is 0.429 e. The average molecular weight is 435 g/mol. The summed E-state index contributed by atoms with van der Waals surface area (Å²) in [6, 6.07) is -0.175. The van der Waals surface area contributed by atoms with Crippen LogP contribution in [-0.2, 0) is 8.85 Å². The summed E-state index contributed by atoms with van der Waals surface area (Å²) in [6.07, 6.45) is -4.34. The molecule has 0 amide bonds. The van der Waals surface area contributed by atoms with Crippen LogP contribution in [0.5, 0.6) is 0 Å². The molecule has 158 valence electrons. The van der Waals surface area contributed by atoms with Gasteiger partial charge in [0, 0.05) is 6.42 Å². The third-order valence-electron chi connectivity index (χ3n) is 5.57. The lowest BCUT2D eigenvalue weighted by Crippen LogP contribution is -2.68. The zero-order valence-electron chi connectivity index (χ0n) is 17.7. The lowest BCUT2D eigenvalue weighted by Gasteiger charge is -2.52. The molecule has 0 bridgehead atoms. The molecule has 0 aliphatic heterocycles. The molecule has 0 saturated heterocycles. The minimum atomic E-state index is -4.30. The van der Waals surface area contributed by atoms with Crippen molar-refractivity contribution in [3.8, 4) is 0 Å². The first-order chi connectivity index (χ1) is 11.2. The van der Waals surface area contributed by atoms with Gasteiger partial charge in [-0.15, -0.1) is 0 Å². The third kappa shape index (κ3) is 7.03. The average Bonchev–Trinajstić information content (AvgIpc) is 2.41. The molecule has 0 radical (unpaired) electrons. The summed E-state index contributed by atoms with van der Waals surface area (Å²) in [5, 5.41) is -1.88. The molecule has 4 nitrogen and oxygen atoms in total. The molecule has 0 rings (SSSR count). The lowest BCUT2D eigenvalue weighted by atomic mass is 10.3. The second-order valence-electron chi connectivity index (χ2n) is 8.72. The first kappa shape index (κ1) is 26.3. The van der Waals surface area contributed by atoms with Gasteiger partial charge in [0.15, 0.2) is 0 Å². The fraction of sp³-hybridized carbons (Fsp3) is 1.00. The van der Waals surface area contributed by atoms with Gasteiger partial charge in [0.25, 0.3) is 0 Å². The second-order valence-corrected chi connectivity index (χ2v) is 20.2. The summed E-state index contributed by atoms with van der Waals surface area (Å²) in [6.45, 7) is 15.7. The number of hydrogen-bond donors (Lipinski definition) is 2. The topological polar surface area (TPSA) is 58.9 Å². The van der Waals surface area contributed by atoms with Crippen molar-refractivity contribution in [1.29, 1.82) is 0 Å². The SMILES string of the molecule is CC[C@@](C)(O[Si](C)(CCC(F)(F)F)[C@](C)(CC)O[Si](C)(C)O)[Si](C)(C)O. The Morgan fingerprint density at radius 1 is 0.808 bits per heavy atom. The van der Waals surface area contributed by atoms with Gasteiger partial charge in [-0.1, -0.05) is 13.8 Å². The van der Waals surface area contributed by atoms with Crippen LogP contribution in [-0.4, -0.2) is 51.4 Å². The number of alkyl halides is 3. The molecule has 0 aromatic heterocycles. The van der Waals surface area contributed by atoms with Gasteiger partial charge in [0.1, 0.15) is 0 Å². The van der Waals surface area contributed by atoms with Gasteiger partial charge in [-0.3, -0.25) is 0 Å². The Bertz CT molecular complexity index is 465. The van der Waals surface area contributed by atoms with Crippen molar-refractivity contribution in [3.63, 3.8) is 0 Å². The zero-order chi connectivity index (χ0) is 21.2. The predicted molar refractivity (Wildman–Crippen MR) is 106 cm³/mol. The first-order valence-electron chi connectivity index (χ1n) is 9.16. The normalized spacial score (nSPS) is 21.0. The first-order valence-corrected chi connectivity index (χ1v) is 17.6. The van der Waals surface area contributed by atoms with E-state index in [2.05, 4.69) is 0 Å². The van der Waals surface area contributed by atoms with Crippen molar-refractivity contribution < 1.29 is 31.6 Å². The Morgan fingerprint density at radius 3 is 1.50 bits per heavy atom. The molecular formula is C16H37F3O4Si3. The Kier molecular flexibility index (Phi) is 8.43. The van der Waals surface area contributed by atoms with E-state index in [9.17, 15) is 22.8 Å². The van der Waals surface area contributed by atoms with Crippen LogP contribution in [0.2, 0.25) is 38.8 Å². The maximum absolute atomic E-state index is 13.0. The summed E-state index contributed by atoms with van der Waals surface area (Å²) in [5.74, 6) is 0. The van der Waals surface area contributed by atoms with Gasteiger partial charge in [-0.05, 0) is 65.5 Å². The Balaban J connectivity index is 6.11. The molecule has 1 unspecified atom stereocenters. The van der Waals surface area contributed by atoms with E-state index >= 15 is 0 Å². The van der Waals surface area contributed by atoms with Crippen molar-refractivity contribution in [1.82, 2.24) is 0 Å². The van der Waals surface area contributed by atoms with Gasteiger partial charge in [-0.2, -0.15) is 13.2 Å². The molecule has 0 aromatic rings. The molecule has 0 aliphatic rings. The molecule has 0 fully saturated rings. The molecule has 10 heteroatoms. The monoisotopic (exact) mass is 434 g/mol. The zero-order valence-corrected chi connectivity index (χ0v) is 20.7. The van der Waals surface area contributed by atoms with Crippen LogP contribution in [0.4, 0.5) is 13.2 Å². The van der Waals surface area contributed by atoms with E-state index in [0.717, 1.165) is 0 Å².